The number of pyridine rings is 1. The lowest BCUT2D eigenvalue weighted by Gasteiger charge is -2.10. The van der Waals surface area contributed by atoms with Gasteiger partial charge in [-0.2, -0.15) is 4.57 Å². The van der Waals surface area contributed by atoms with Crippen molar-refractivity contribution in [3.8, 4) is 22.4 Å². The predicted octanol–water partition coefficient (Wildman–Crippen LogP) is 4.94. The average Bonchev–Trinajstić information content (AvgIpc) is 2.55. The van der Waals surface area contributed by atoms with Crippen LogP contribution in [0.3, 0.4) is 0 Å². The van der Waals surface area contributed by atoms with Crippen LogP contribution in [0.4, 0.5) is 0 Å². The van der Waals surface area contributed by atoms with Crippen LogP contribution in [0, 0.1) is 13.8 Å². The molecule has 3 rings (SSSR count). The van der Waals surface area contributed by atoms with E-state index in [2.05, 4.69) is 92.1 Å². The summed E-state index contributed by atoms with van der Waals surface area (Å²) in [6, 6.07) is 23.8. The fraction of sp³-hybridized carbons (Fsp3) is 0.190. The van der Waals surface area contributed by atoms with Crippen LogP contribution in [0.1, 0.15) is 18.2 Å². The summed E-state index contributed by atoms with van der Waals surface area (Å²) in [7, 11) is 0. The Hall–Kier alpha value is -2.41. The Morgan fingerprint density at radius 2 is 1.55 bits per heavy atom. The highest BCUT2D eigenvalue weighted by Crippen LogP contribution is 2.27. The molecule has 1 nitrogen and oxygen atoms in total. The van der Waals surface area contributed by atoms with Gasteiger partial charge in [-0.15, -0.1) is 0 Å². The van der Waals surface area contributed by atoms with E-state index in [9.17, 15) is 0 Å². The smallest absolute Gasteiger partial charge is 0.196 e. The maximum absolute atomic E-state index is 2.37. The number of nitrogens with zero attached hydrogens (tertiary/aromatic N) is 1. The van der Waals surface area contributed by atoms with Crippen LogP contribution < -0.4 is 4.57 Å². The molecule has 0 saturated heterocycles. The second-order valence-corrected chi connectivity index (χ2v) is 5.69. The summed E-state index contributed by atoms with van der Waals surface area (Å²) in [5.41, 5.74) is 7.76. The summed E-state index contributed by atoms with van der Waals surface area (Å²) in [4.78, 5) is 0. The van der Waals surface area contributed by atoms with Crippen molar-refractivity contribution >= 4 is 0 Å². The number of hydrogen-bond donors (Lipinski definition) is 0. The van der Waals surface area contributed by atoms with Gasteiger partial charge in [-0.25, -0.2) is 0 Å². The van der Waals surface area contributed by atoms with Gasteiger partial charge in [0.25, 0.3) is 0 Å². The molecule has 0 atom stereocenters. The van der Waals surface area contributed by atoms with Crippen LogP contribution in [-0.4, -0.2) is 0 Å². The Bertz CT molecular complexity index is 788. The van der Waals surface area contributed by atoms with Crippen LogP contribution in [0.15, 0.2) is 66.7 Å². The highest BCUT2D eigenvalue weighted by Gasteiger charge is 2.16. The van der Waals surface area contributed by atoms with Gasteiger partial charge in [0.2, 0.25) is 5.69 Å². The van der Waals surface area contributed by atoms with Gasteiger partial charge in [-0.3, -0.25) is 0 Å². The van der Waals surface area contributed by atoms with Crippen molar-refractivity contribution in [3.05, 3.63) is 78.0 Å². The predicted molar refractivity (Wildman–Crippen MR) is 92.7 cm³/mol. The first kappa shape index (κ1) is 14.5. The van der Waals surface area contributed by atoms with Gasteiger partial charge in [-0.05, 0) is 42.7 Å². The quantitative estimate of drug-likeness (QED) is 0.601. The van der Waals surface area contributed by atoms with Gasteiger partial charge in [0, 0.05) is 24.6 Å². The first-order chi connectivity index (χ1) is 10.7. The van der Waals surface area contributed by atoms with Gasteiger partial charge < -0.3 is 0 Å². The maximum atomic E-state index is 2.37. The van der Waals surface area contributed by atoms with Crippen molar-refractivity contribution in [2.24, 2.45) is 0 Å². The summed E-state index contributed by atoms with van der Waals surface area (Å²) in [5.74, 6) is 0. The zero-order chi connectivity index (χ0) is 15.5. The van der Waals surface area contributed by atoms with E-state index in [0.717, 1.165) is 6.54 Å². The van der Waals surface area contributed by atoms with Gasteiger partial charge in [0.15, 0.2) is 5.69 Å². The first-order valence-corrected chi connectivity index (χ1v) is 7.86. The lowest BCUT2D eigenvalue weighted by atomic mass is 9.97. The number of hydrogen-bond acceptors (Lipinski definition) is 0. The molecule has 0 radical (unpaired) electrons. The number of aromatic nitrogens is 1. The van der Waals surface area contributed by atoms with E-state index < -0.39 is 0 Å². The maximum Gasteiger partial charge on any atom is 0.212 e. The standard InChI is InChI=1S/C21H22N/c1-4-22-17(3)9-8-12-21(22)20-14-13-19(15-16(20)2)18-10-6-5-7-11-18/h5-15H,4H2,1-3H3/q+1. The highest BCUT2D eigenvalue weighted by molar-refractivity contribution is 5.70. The van der Waals surface area contributed by atoms with Gasteiger partial charge >= 0.3 is 0 Å². The molecule has 22 heavy (non-hydrogen) atoms. The monoisotopic (exact) mass is 288 g/mol. The van der Waals surface area contributed by atoms with Gasteiger partial charge in [0.1, 0.15) is 6.54 Å². The van der Waals surface area contributed by atoms with Gasteiger partial charge in [-0.1, -0.05) is 42.5 Å². The largest absolute Gasteiger partial charge is 0.212 e. The topological polar surface area (TPSA) is 3.88 Å². The Balaban J connectivity index is 2.09. The van der Waals surface area contributed by atoms with E-state index in [-0.39, 0.29) is 0 Å². The van der Waals surface area contributed by atoms with Gasteiger partial charge in [0.05, 0.1) is 0 Å². The molecular formula is C21H22N+. The number of benzene rings is 2. The Morgan fingerprint density at radius 3 is 2.23 bits per heavy atom. The molecule has 0 amide bonds. The molecular weight excluding hydrogens is 266 g/mol. The molecule has 2 aromatic carbocycles. The SMILES string of the molecule is CC[n+]1c(C)cccc1-c1ccc(-c2ccccc2)cc1C. The molecule has 0 spiro atoms. The molecule has 3 aromatic rings. The lowest BCUT2D eigenvalue weighted by molar-refractivity contribution is -0.688. The van der Waals surface area contributed by atoms with E-state index in [1.807, 2.05) is 0 Å². The molecule has 0 aliphatic carbocycles. The van der Waals surface area contributed by atoms with Crippen molar-refractivity contribution in [2.45, 2.75) is 27.3 Å². The second-order valence-electron chi connectivity index (χ2n) is 5.69. The molecule has 0 fully saturated rings. The first-order valence-electron chi connectivity index (χ1n) is 7.86. The fourth-order valence-corrected chi connectivity index (χ4v) is 3.06. The molecule has 1 heteroatoms. The van der Waals surface area contributed by atoms with Crippen LogP contribution in [0.5, 0.6) is 0 Å². The molecule has 0 aliphatic rings. The number of rotatable bonds is 3. The van der Waals surface area contributed by atoms with E-state index in [1.54, 1.807) is 0 Å². The van der Waals surface area contributed by atoms with Crippen molar-refractivity contribution in [1.82, 2.24) is 0 Å². The second kappa shape index (κ2) is 6.15. The highest BCUT2D eigenvalue weighted by atomic mass is 15.0. The molecule has 0 unspecified atom stereocenters. The minimum atomic E-state index is 0.988. The van der Waals surface area contributed by atoms with E-state index in [4.69, 9.17) is 0 Å². The van der Waals surface area contributed by atoms with Crippen LogP contribution >= 0.6 is 0 Å². The summed E-state index contributed by atoms with van der Waals surface area (Å²) in [6.07, 6.45) is 0. The summed E-state index contributed by atoms with van der Waals surface area (Å²) >= 11 is 0. The zero-order valence-corrected chi connectivity index (χ0v) is 13.5. The van der Waals surface area contributed by atoms with Crippen molar-refractivity contribution in [1.29, 1.82) is 0 Å². The molecule has 1 aromatic heterocycles. The third kappa shape index (κ3) is 2.67. The van der Waals surface area contributed by atoms with E-state index >= 15 is 0 Å². The normalized spacial score (nSPS) is 10.7. The summed E-state index contributed by atoms with van der Waals surface area (Å²) in [5, 5.41) is 0. The molecule has 0 N–H and O–H groups in total. The Morgan fingerprint density at radius 1 is 0.773 bits per heavy atom. The van der Waals surface area contributed by atoms with E-state index in [1.165, 1.54) is 33.6 Å². The van der Waals surface area contributed by atoms with Crippen LogP contribution in [0.2, 0.25) is 0 Å². The number of aryl methyl sites for hydroxylation is 2. The fourth-order valence-electron chi connectivity index (χ4n) is 3.06. The minimum absolute atomic E-state index is 0.988. The Kier molecular flexibility index (Phi) is 4.06. The third-order valence-electron chi connectivity index (χ3n) is 4.23. The molecule has 0 bridgehead atoms. The zero-order valence-electron chi connectivity index (χ0n) is 13.5. The van der Waals surface area contributed by atoms with Crippen LogP contribution in [0.25, 0.3) is 22.4 Å². The average molecular weight is 288 g/mol. The van der Waals surface area contributed by atoms with E-state index in [0.29, 0.717) is 0 Å². The lowest BCUT2D eigenvalue weighted by Crippen LogP contribution is -2.38. The third-order valence-corrected chi connectivity index (χ3v) is 4.23. The van der Waals surface area contributed by atoms with Crippen molar-refractivity contribution < 1.29 is 4.57 Å². The summed E-state index contributed by atoms with van der Waals surface area (Å²) in [6.45, 7) is 7.55. The van der Waals surface area contributed by atoms with Crippen molar-refractivity contribution in [3.63, 3.8) is 0 Å². The summed E-state index contributed by atoms with van der Waals surface area (Å²) < 4.78 is 2.37. The molecule has 0 saturated carbocycles. The Labute approximate surface area is 132 Å². The molecule has 1 heterocycles. The van der Waals surface area contributed by atoms with Crippen LogP contribution in [-0.2, 0) is 6.54 Å². The molecule has 110 valence electrons. The molecule has 0 aliphatic heterocycles. The van der Waals surface area contributed by atoms with Crippen molar-refractivity contribution in [2.75, 3.05) is 0 Å². The minimum Gasteiger partial charge on any atom is -0.196 e.